The van der Waals surface area contributed by atoms with E-state index in [2.05, 4.69) is 64.3 Å². The van der Waals surface area contributed by atoms with Crippen LogP contribution in [-0.2, 0) is 6.42 Å². The lowest BCUT2D eigenvalue weighted by Gasteiger charge is -2.23. The molecule has 0 bridgehead atoms. The summed E-state index contributed by atoms with van der Waals surface area (Å²) in [4.78, 5) is 0. The lowest BCUT2D eigenvalue weighted by atomic mass is 10.0. The molecule has 0 radical (unpaired) electrons. The summed E-state index contributed by atoms with van der Waals surface area (Å²) in [5.74, 6) is 1.12. The lowest BCUT2D eigenvalue weighted by molar-refractivity contribution is 0.655. The van der Waals surface area contributed by atoms with Crippen molar-refractivity contribution in [2.24, 2.45) is 0 Å². The minimum atomic E-state index is 0.329. The van der Waals surface area contributed by atoms with Crippen molar-refractivity contribution < 1.29 is 0 Å². The molecule has 1 N–H and O–H groups in total. The highest BCUT2D eigenvalue weighted by molar-refractivity contribution is 8.00. The van der Waals surface area contributed by atoms with E-state index < -0.39 is 0 Å². The first-order valence-electron chi connectivity index (χ1n) is 6.86. The van der Waals surface area contributed by atoms with E-state index in [0.717, 1.165) is 5.75 Å². The van der Waals surface area contributed by atoms with E-state index in [0.29, 0.717) is 10.8 Å². The molecule has 0 aromatic heterocycles. The molecule has 102 valence electrons. The molecule has 1 unspecified atom stereocenters. The molecule has 0 saturated carbocycles. The van der Waals surface area contributed by atoms with Gasteiger partial charge in [-0.3, -0.25) is 0 Å². The molecule has 2 heteroatoms. The smallest absolute Gasteiger partial charge is 0.0409 e. The molecule has 1 rings (SSSR count). The summed E-state index contributed by atoms with van der Waals surface area (Å²) in [7, 11) is 2.06. The Balaban J connectivity index is 2.72. The number of benzene rings is 1. The van der Waals surface area contributed by atoms with E-state index >= 15 is 0 Å². The summed E-state index contributed by atoms with van der Waals surface area (Å²) in [6, 6.07) is 9.46. The van der Waals surface area contributed by atoms with Gasteiger partial charge in [0.15, 0.2) is 0 Å². The van der Waals surface area contributed by atoms with Crippen molar-refractivity contribution in [3.8, 4) is 0 Å². The summed E-state index contributed by atoms with van der Waals surface area (Å²) in [6.07, 6.45) is 2.39. The monoisotopic (exact) mass is 265 g/mol. The maximum Gasteiger partial charge on any atom is 0.0409 e. The van der Waals surface area contributed by atoms with Crippen LogP contribution in [0.1, 0.15) is 51.3 Å². The second kappa shape index (κ2) is 7.20. The fraction of sp³-hybridized carbons (Fsp3) is 0.625. The van der Waals surface area contributed by atoms with Crippen LogP contribution in [0.15, 0.2) is 24.3 Å². The van der Waals surface area contributed by atoms with E-state index in [1.165, 1.54) is 24.0 Å². The molecule has 0 amide bonds. The van der Waals surface area contributed by atoms with Crippen molar-refractivity contribution in [1.82, 2.24) is 5.32 Å². The topological polar surface area (TPSA) is 12.0 Å². The average Bonchev–Trinajstić information content (AvgIpc) is 2.29. The van der Waals surface area contributed by atoms with Crippen molar-refractivity contribution in [2.45, 2.75) is 51.3 Å². The zero-order valence-electron chi connectivity index (χ0n) is 12.4. The molecule has 0 aliphatic heterocycles. The van der Waals surface area contributed by atoms with Gasteiger partial charge in [-0.1, -0.05) is 58.4 Å². The molecule has 0 aliphatic carbocycles. The van der Waals surface area contributed by atoms with Crippen LogP contribution in [0.25, 0.3) is 0 Å². The molecule has 1 aromatic rings. The van der Waals surface area contributed by atoms with Crippen LogP contribution in [-0.4, -0.2) is 17.5 Å². The molecule has 18 heavy (non-hydrogen) atoms. The number of hydrogen-bond acceptors (Lipinski definition) is 2. The maximum atomic E-state index is 3.44. The third-order valence-electron chi connectivity index (χ3n) is 2.92. The summed E-state index contributed by atoms with van der Waals surface area (Å²) in [6.45, 7) is 9.06. The van der Waals surface area contributed by atoms with E-state index in [1.54, 1.807) is 0 Å². The maximum absolute atomic E-state index is 3.44. The Morgan fingerprint density at radius 2 is 2.00 bits per heavy atom. The molecule has 0 heterocycles. The molecule has 0 fully saturated rings. The van der Waals surface area contributed by atoms with Gasteiger partial charge >= 0.3 is 0 Å². The molecule has 1 aromatic carbocycles. The van der Waals surface area contributed by atoms with Gasteiger partial charge in [-0.05, 0) is 24.6 Å². The van der Waals surface area contributed by atoms with Crippen molar-refractivity contribution in [1.29, 1.82) is 0 Å². The molecule has 1 nitrogen and oxygen atoms in total. The van der Waals surface area contributed by atoms with Crippen LogP contribution < -0.4 is 5.32 Å². The first kappa shape index (κ1) is 15.6. The Bertz CT molecular complexity index is 354. The predicted octanol–water partition coefficient (Wildman–Crippen LogP) is 4.43. The Labute approximate surface area is 117 Å². The summed E-state index contributed by atoms with van der Waals surface area (Å²) >= 11 is 2.02. The highest BCUT2D eigenvalue weighted by Gasteiger charge is 2.16. The standard InChI is InChI=1S/C16H27NS/c1-6-8-13-9-7-10-14(11-13)15(17-5)12-18-16(2,3)4/h7,9-11,15,17H,6,8,12H2,1-5H3. The summed E-state index contributed by atoms with van der Waals surface area (Å²) < 4.78 is 0.329. The van der Waals surface area contributed by atoms with Crippen molar-refractivity contribution in [3.05, 3.63) is 35.4 Å². The molecular formula is C16H27NS. The Morgan fingerprint density at radius 1 is 1.28 bits per heavy atom. The largest absolute Gasteiger partial charge is 0.312 e. The van der Waals surface area contributed by atoms with Gasteiger partial charge < -0.3 is 5.32 Å². The van der Waals surface area contributed by atoms with E-state index in [4.69, 9.17) is 0 Å². The third kappa shape index (κ3) is 5.45. The highest BCUT2D eigenvalue weighted by atomic mass is 32.2. The normalized spacial score (nSPS) is 13.6. The third-order valence-corrected chi connectivity index (χ3v) is 4.29. The van der Waals surface area contributed by atoms with Gasteiger partial charge in [0.05, 0.1) is 0 Å². The number of hydrogen-bond donors (Lipinski definition) is 1. The van der Waals surface area contributed by atoms with Gasteiger partial charge in [0.25, 0.3) is 0 Å². The Morgan fingerprint density at radius 3 is 2.56 bits per heavy atom. The van der Waals surface area contributed by atoms with Crippen LogP contribution in [0, 0.1) is 0 Å². The number of thioether (sulfide) groups is 1. The fourth-order valence-corrected chi connectivity index (χ4v) is 2.96. The van der Waals surface area contributed by atoms with Gasteiger partial charge in [0.1, 0.15) is 0 Å². The predicted molar refractivity (Wildman–Crippen MR) is 84.4 cm³/mol. The van der Waals surface area contributed by atoms with Crippen molar-refractivity contribution in [2.75, 3.05) is 12.8 Å². The van der Waals surface area contributed by atoms with E-state index in [1.807, 2.05) is 11.8 Å². The van der Waals surface area contributed by atoms with E-state index in [-0.39, 0.29) is 0 Å². The quantitative estimate of drug-likeness (QED) is 0.816. The Hall–Kier alpha value is -0.470. The minimum Gasteiger partial charge on any atom is -0.312 e. The summed E-state index contributed by atoms with van der Waals surface area (Å²) in [5, 5.41) is 3.44. The number of rotatable bonds is 6. The van der Waals surface area contributed by atoms with Crippen LogP contribution in [0.5, 0.6) is 0 Å². The second-order valence-corrected chi connectivity index (χ2v) is 7.61. The zero-order chi connectivity index (χ0) is 13.6. The average molecular weight is 265 g/mol. The van der Waals surface area contributed by atoms with Crippen LogP contribution in [0.4, 0.5) is 0 Å². The first-order valence-corrected chi connectivity index (χ1v) is 7.85. The van der Waals surface area contributed by atoms with Gasteiger partial charge in [-0.15, -0.1) is 0 Å². The number of nitrogens with one attached hydrogen (secondary N) is 1. The Kier molecular flexibility index (Phi) is 6.24. The van der Waals surface area contributed by atoms with Crippen LogP contribution in [0.2, 0.25) is 0 Å². The fourth-order valence-electron chi connectivity index (χ4n) is 1.93. The van der Waals surface area contributed by atoms with Crippen LogP contribution in [0.3, 0.4) is 0 Å². The number of aryl methyl sites for hydroxylation is 1. The summed E-state index contributed by atoms with van der Waals surface area (Å²) in [5.41, 5.74) is 2.87. The molecular weight excluding hydrogens is 238 g/mol. The molecule has 0 spiro atoms. The van der Waals surface area contributed by atoms with Crippen LogP contribution >= 0.6 is 11.8 Å². The molecule has 1 atom stereocenters. The van der Waals surface area contributed by atoms with Gasteiger partial charge in [0, 0.05) is 16.5 Å². The molecule has 0 aliphatic rings. The zero-order valence-corrected chi connectivity index (χ0v) is 13.2. The second-order valence-electron chi connectivity index (χ2n) is 5.76. The van der Waals surface area contributed by atoms with Gasteiger partial charge in [-0.25, -0.2) is 0 Å². The first-order chi connectivity index (χ1) is 8.46. The highest BCUT2D eigenvalue weighted by Crippen LogP contribution is 2.28. The lowest BCUT2D eigenvalue weighted by Crippen LogP contribution is -2.21. The van der Waals surface area contributed by atoms with Gasteiger partial charge in [0.2, 0.25) is 0 Å². The minimum absolute atomic E-state index is 0.329. The molecule has 0 saturated heterocycles. The van der Waals surface area contributed by atoms with Crippen molar-refractivity contribution >= 4 is 11.8 Å². The van der Waals surface area contributed by atoms with E-state index in [9.17, 15) is 0 Å². The van der Waals surface area contributed by atoms with Crippen molar-refractivity contribution in [3.63, 3.8) is 0 Å². The van der Waals surface area contributed by atoms with Gasteiger partial charge in [-0.2, -0.15) is 11.8 Å². The SMILES string of the molecule is CCCc1cccc(C(CSC(C)(C)C)NC)c1.